The zero-order valence-corrected chi connectivity index (χ0v) is 12.4. The molecule has 5 heteroatoms. The standard InChI is InChI=1S/C12H21NO3Si/c1-12(2,3)15-11(14)13-9-7-8-10(13)16-17(4,5)6/h7-9H,1-6H3. The van der Waals surface area contributed by atoms with Gasteiger partial charge >= 0.3 is 6.09 Å². The van der Waals surface area contributed by atoms with E-state index in [4.69, 9.17) is 9.16 Å². The molecule has 0 aliphatic carbocycles. The number of rotatable bonds is 2. The number of carbonyl (C=O) groups excluding carboxylic acids is 1. The van der Waals surface area contributed by atoms with Crippen molar-refractivity contribution in [2.24, 2.45) is 0 Å². The molecule has 0 radical (unpaired) electrons. The maximum atomic E-state index is 11.9. The SMILES string of the molecule is CC(C)(C)OC(=O)n1cccc1O[Si](C)(C)C. The van der Waals surface area contributed by atoms with Crippen LogP contribution in [0.2, 0.25) is 19.6 Å². The number of hydrogen-bond donors (Lipinski definition) is 0. The van der Waals surface area contributed by atoms with Gasteiger partial charge in [0.2, 0.25) is 8.32 Å². The summed E-state index contributed by atoms with van der Waals surface area (Å²) >= 11 is 0. The van der Waals surface area contributed by atoms with Gasteiger partial charge in [-0.25, -0.2) is 9.36 Å². The average molecular weight is 255 g/mol. The van der Waals surface area contributed by atoms with E-state index in [1.807, 2.05) is 20.8 Å². The van der Waals surface area contributed by atoms with Gasteiger partial charge in [0.25, 0.3) is 0 Å². The number of ether oxygens (including phenoxy) is 1. The van der Waals surface area contributed by atoms with Crippen LogP contribution in [0.15, 0.2) is 18.3 Å². The lowest BCUT2D eigenvalue weighted by Gasteiger charge is -2.23. The quantitative estimate of drug-likeness (QED) is 0.760. The molecule has 1 aromatic rings. The fourth-order valence-electron chi connectivity index (χ4n) is 1.22. The first-order valence-corrected chi connectivity index (χ1v) is 9.09. The first-order chi connectivity index (χ1) is 7.58. The van der Waals surface area contributed by atoms with E-state index in [1.165, 1.54) is 4.57 Å². The molecule has 0 amide bonds. The minimum Gasteiger partial charge on any atom is -0.532 e. The fraction of sp³-hybridized carbons (Fsp3) is 0.583. The van der Waals surface area contributed by atoms with Crippen molar-refractivity contribution < 1.29 is 14.0 Å². The van der Waals surface area contributed by atoms with Crippen LogP contribution in [-0.4, -0.2) is 24.6 Å². The van der Waals surface area contributed by atoms with E-state index in [1.54, 1.807) is 18.3 Å². The van der Waals surface area contributed by atoms with Crippen LogP contribution in [0.3, 0.4) is 0 Å². The van der Waals surface area contributed by atoms with Gasteiger partial charge < -0.3 is 9.16 Å². The average Bonchev–Trinajstić information content (AvgIpc) is 2.45. The lowest BCUT2D eigenvalue weighted by atomic mass is 10.2. The van der Waals surface area contributed by atoms with E-state index >= 15 is 0 Å². The normalized spacial score (nSPS) is 12.4. The molecule has 4 nitrogen and oxygen atoms in total. The van der Waals surface area contributed by atoms with Crippen LogP contribution in [0.4, 0.5) is 4.79 Å². The Morgan fingerprint density at radius 3 is 2.35 bits per heavy atom. The predicted molar refractivity (Wildman–Crippen MR) is 70.0 cm³/mol. The molecule has 0 spiro atoms. The largest absolute Gasteiger partial charge is 0.532 e. The van der Waals surface area contributed by atoms with Crippen molar-refractivity contribution in [1.29, 1.82) is 0 Å². The summed E-state index contributed by atoms with van der Waals surface area (Å²) in [5, 5.41) is 0. The van der Waals surface area contributed by atoms with E-state index in [9.17, 15) is 4.79 Å². The Bertz CT molecular complexity index is 399. The molecule has 96 valence electrons. The van der Waals surface area contributed by atoms with E-state index in [2.05, 4.69) is 19.6 Å². The second-order valence-corrected chi connectivity index (χ2v) is 10.3. The molecule has 1 heterocycles. The molecule has 0 saturated carbocycles. The van der Waals surface area contributed by atoms with Gasteiger partial charge in [0.1, 0.15) is 5.60 Å². The summed E-state index contributed by atoms with van der Waals surface area (Å²) in [5.41, 5.74) is -0.502. The van der Waals surface area contributed by atoms with Crippen LogP contribution < -0.4 is 4.43 Å². The third-order valence-electron chi connectivity index (χ3n) is 1.71. The number of carbonyl (C=O) groups is 1. The van der Waals surface area contributed by atoms with Crippen molar-refractivity contribution in [3.8, 4) is 5.88 Å². The van der Waals surface area contributed by atoms with Crippen LogP contribution in [0.25, 0.3) is 0 Å². The second kappa shape index (κ2) is 4.56. The summed E-state index contributed by atoms with van der Waals surface area (Å²) in [6.45, 7) is 11.7. The van der Waals surface area contributed by atoms with E-state index < -0.39 is 20.0 Å². The highest BCUT2D eigenvalue weighted by Gasteiger charge is 2.23. The minimum atomic E-state index is -1.73. The molecule has 0 unspecified atom stereocenters. The summed E-state index contributed by atoms with van der Waals surface area (Å²) in [5.74, 6) is 0.554. The fourth-order valence-corrected chi connectivity index (χ4v) is 2.02. The minimum absolute atomic E-state index is 0.407. The Morgan fingerprint density at radius 2 is 1.88 bits per heavy atom. The summed E-state index contributed by atoms with van der Waals surface area (Å²) < 4.78 is 12.5. The summed E-state index contributed by atoms with van der Waals surface area (Å²) in [6, 6.07) is 3.56. The van der Waals surface area contributed by atoms with Gasteiger partial charge in [0.15, 0.2) is 5.88 Å². The molecule has 0 aromatic carbocycles. The molecule has 0 aliphatic rings. The van der Waals surface area contributed by atoms with E-state index in [0.29, 0.717) is 5.88 Å². The Labute approximate surface area is 104 Å². The molecule has 0 saturated heterocycles. The highest BCUT2D eigenvalue weighted by atomic mass is 28.4. The Morgan fingerprint density at radius 1 is 1.29 bits per heavy atom. The number of hydrogen-bond acceptors (Lipinski definition) is 3. The molecule has 0 atom stereocenters. The third-order valence-corrected chi connectivity index (χ3v) is 2.53. The van der Waals surface area contributed by atoms with Crippen molar-refractivity contribution in [3.05, 3.63) is 18.3 Å². The lowest BCUT2D eigenvalue weighted by Crippen LogP contribution is -2.32. The lowest BCUT2D eigenvalue weighted by molar-refractivity contribution is 0.0529. The van der Waals surface area contributed by atoms with Crippen LogP contribution in [0.1, 0.15) is 20.8 Å². The van der Waals surface area contributed by atoms with E-state index in [-0.39, 0.29) is 0 Å². The van der Waals surface area contributed by atoms with Gasteiger partial charge in [0, 0.05) is 6.20 Å². The van der Waals surface area contributed by atoms with Gasteiger partial charge in [-0.2, -0.15) is 0 Å². The van der Waals surface area contributed by atoms with Gasteiger partial charge in [-0.3, -0.25) is 0 Å². The van der Waals surface area contributed by atoms with Crippen LogP contribution >= 0.6 is 0 Å². The van der Waals surface area contributed by atoms with Gasteiger partial charge in [-0.05, 0) is 52.5 Å². The van der Waals surface area contributed by atoms with E-state index in [0.717, 1.165) is 0 Å². The number of aromatic nitrogens is 1. The van der Waals surface area contributed by atoms with Crippen LogP contribution in [-0.2, 0) is 4.74 Å². The zero-order chi connectivity index (χ0) is 13.3. The molecule has 1 aromatic heterocycles. The molecule has 17 heavy (non-hydrogen) atoms. The topological polar surface area (TPSA) is 40.5 Å². The van der Waals surface area contributed by atoms with Gasteiger partial charge in [-0.15, -0.1) is 0 Å². The van der Waals surface area contributed by atoms with Crippen molar-refractivity contribution in [2.75, 3.05) is 0 Å². The smallest absolute Gasteiger partial charge is 0.421 e. The van der Waals surface area contributed by atoms with Gasteiger partial charge in [-0.1, -0.05) is 0 Å². The molecule has 0 bridgehead atoms. The van der Waals surface area contributed by atoms with Crippen molar-refractivity contribution in [1.82, 2.24) is 4.57 Å². The maximum absolute atomic E-state index is 11.9. The second-order valence-electron chi connectivity index (χ2n) is 5.91. The zero-order valence-electron chi connectivity index (χ0n) is 11.4. The maximum Gasteiger partial charge on any atom is 0.421 e. The Kier molecular flexibility index (Phi) is 3.71. The molecule has 0 fully saturated rings. The van der Waals surface area contributed by atoms with Gasteiger partial charge in [0.05, 0.1) is 0 Å². The van der Waals surface area contributed by atoms with Crippen molar-refractivity contribution in [3.63, 3.8) is 0 Å². The first-order valence-electron chi connectivity index (χ1n) is 5.68. The van der Waals surface area contributed by atoms with Crippen LogP contribution in [0.5, 0.6) is 5.88 Å². The third kappa shape index (κ3) is 4.64. The van der Waals surface area contributed by atoms with Crippen molar-refractivity contribution in [2.45, 2.75) is 46.0 Å². The molecular formula is C12H21NO3Si. The Hall–Kier alpha value is -1.23. The summed E-state index contributed by atoms with van der Waals surface area (Å²) in [4.78, 5) is 11.9. The molecule has 1 rings (SSSR count). The molecule has 0 aliphatic heterocycles. The number of nitrogens with zero attached hydrogens (tertiary/aromatic N) is 1. The first kappa shape index (κ1) is 13.8. The van der Waals surface area contributed by atoms with Crippen molar-refractivity contribution >= 4 is 14.4 Å². The summed E-state index contributed by atoms with van der Waals surface area (Å²) in [7, 11) is -1.73. The predicted octanol–water partition coefficient (Wildman–Crippen LogP) is 3.49. The monoisotopic (exact) mass is 255 g/mol. The Balaban J connectivity index is 2.85. The highest BCUT2D eigenvalue weighted by Crippen LogP contribution is 2.19. The molecule has 0 N–H and O–H groups in total. The molecular weight excluding hydrogens is 234 g/mol. The summed E-state index contributed by atoms with van der Waals surface area (Å²) in [6.07, 6.45) is 1.25. The highest BCUT2D eigenvalue weighted by molar-refractivity contribution is 6.70. The van der Waals surface area contributed by atoms with Crippen LogP contribution in [0, 0.1) is 0 Å².